The van der Waals surface area contributed by atoms with E-state index in [-0.39, 0.29) is 5.91 Å². The molecule has 4 nitrogen and oxygen atoms in total. The number of hydrogen-bond acceptors (Lipinski definition) is 2. The Hall–Kier alpha value is -1.46. The van der Waals surface area contributed by atoms with Crippen molar-refractivity contribution in [3.05, 3.63) is 45.7 Å². The topological polar surface area (TPSA) is 60.0 Å². The van der Waals surface area contributed by atoms with Crippen LogP contribution in [0.25, 0.3) is 0 Å². The highest BCUT2D eigenvalue weighted by molar-refractivity contribution is 9.10. The molecule has 2 aromatic rings. The van der Waals surface area contributed by atoms with Crippen molar-refractivity contribution < 1.29 is 4.79 Å². The summed E-state index contributed by atoms with van der Waals surface area (Å²) in [5.41, 5.74) is 7.30. The first-order valence-electron chi connectivity index (χ1n) is 5.15. The van der Waals surface area contributed by atoms with E-state index < -0.39 is 0 Å². The molecule has 1 aromatic heterocycles. The minimum Gasteiger partial charge on any atom is -0.397 e. The largest absolute Gasteiger partial charge is 0.397 e. The average Bonchev–Trinajstić information content (AvgIpc) is 2.63. The predicted octanol–water partition coefficient (Wildman–Crippen LogP) is 3.28. The van der Waals surface area contributed by atoms with Gasteiger partial charge in [0.2, 0.25) is 0 Å². The summed E-state index contributed by atoms with van der Waals surface area (Å²) in [6, 6.07) is 6.84. The zero-order valence-electron chi connectivity index (χ0n) is 9.58. The fraction of sp³-hybridized carbons (Fsp3) is 0.0833. The molecule has 0 saturated heterocycles. The van der Waals surface area contributed by atoms with Crippen molar-refractivity contribution in [2.75, 3.05) is 11.1 Å². The Balaban J connectivity index is 2.21. The number of benzene rings is 1. The van der Waals surface area contributed by atoms with E-state index in [4.69, 9.17) is 17.3 Å². The van der Waals surface area contributed by atoms with Crippen LogP contribution in [0.3, 0.4) is 0 Å². The van der Waals surface area contributed by atoms with E-state index in [9.17, 15) is 4.79 Å². The third-order valence-electron chi connectivity index (χ3n) is 2.44. The van der Waals surface area contributed by atoms with E-state index >= 15 is 0 Å². The summed E-state index contributed by atoms with van der Waals surface area (Å²) >= 11 is 9.25. The molecule has 0 aliphatic rings. The zero-order valence-corrected chi connectivity index (χ0v) is 11.9. The van der Waals surface area contributed by atoms with Gasteiger partial charge in [-0.25, -0.2) is 0 Å². The highest BCUT2D eigenvalue weighted by Crippen LogP contribution is 2.25. The van der Waals surface area contributed by atoms with Crippen molar-refractivity contribution in [3.8, 4) is 0 Å². The van der Waals surface area contributed by atoms with Gasteiger partial charge >= 0.3 is 0 Å². The summed E-state index contributed by atoms with van der Waals surface area (Å²) in [6.07, 6.45) is 1.68. The maximum absolute atomic E-state index is 12.0. The molecule has 1 heterocycles. The summed E-state index contributed by atoms with van der Waals surface area (Å²) in [4.78, 5) is 12.0. The molecular formula is C12H11BrClN3O. The molecule has 0 aliphatic carbocycles. The Morgan fingerprint density at radius 2 is 2.17 bits per heavy atom. The number of anilines is 2. The normalized spacial score (nSPS) is 10.4. The van der Waals surface area contributed by atoms with Gasteiger partial charge in [-0.2, -0.15) is 0 Å². The van der Waals surface area contributed by atoms with Gasteiger partial charge in [-0.15, -0.1) is 0 Å². The number of rotatable bonds is 2. The van der Waals surface area contributed by atoms with E-state index in [1.165, 1.54) is 0 Å². The number of hydrogen-bond donors (Lipinski definition) is 2. The molecule has 2 rings (SSSR count). The first-order chi connectivity index (χ1) is 8.47. The molecule has 1 aromatic carbocycles. The molecule has 0 radical (unpaired) electrons. The van der Waals surface area contributed by atoms with Crippen molar-refractivity contribution >= 4 is 44.8 Å². The third-order valence-corrected chi connectivity index (χ3v) is 3.67. The molecule has 0 bridgehead atoms. The Kier molecular flexibility index (Phi) is 3.63. The van der Waals surface area contributed by atoms with Crippen LogP contribution in [0.15, 0.2) is 34.9 Å². The minimum atomic E-state index is -0.229. The molecule has 0 atom stereocenters. The molecule has 94 valence electrons. The predicted molar refractivity (Wildman–Crippen MR) is 76.9 cm³/mol. The van der Waals surface area contributed by atoms with Crippen LogP contribution in [-0.4, -0.2) is 10.5 Å². The molecule has 0 fully saturated rings. The molecule has 0 unspecified atom stereocenters. The third kappa shape index (κ3) is 2.68. The van der Waals surface area contributed by atoms with E-state index in [0.717, 1.165) is 4.47 Å². The van der Waals surface area contributed by atoms with Crippen molar-refractivity contribution in [2.24, 2.45) is 7.05 Å². The lowest BCUT2D eigenvalue weighted by Crippen LogP contribution is -2.15. The summed E-state index contributed by atoms with van der Waals surface area (Å²) in [6.45, 7) is 0. The van der Waals surface area contributed by atoms with Gasteiger partial charge in [-0.05, 0) is 40.2 Å². The summed E-state index contributed by atoms with van der Waals surface area (Å²) in [5, 5.41) is 3.30. The molecule has 3 N–H and O–H groups in total. The van der Waals surface area contributed by atoms with E-state index in [2.05, 4.69) is 21.2 Å². The molecule has 0 spiro atoms. The Morgan fingerprint density at radius 3 is 2.72 bits per heavy atom. The molecule has 0 aliphatic heterocycles. The highest BCUT2D eigenvalue weighted by atomic mass is 79.9. The standard InChI is InChI=1S/C12H11BrClN3O/c1-17-6-7(15)4-11(17)12(18)16-8-2-3-9(13)10(14)5-8/h2-6H,15H2,1H3,(H,16,18). The number of nitrogens with zero attached hydrogens (tertiary/aromatic N) is 1. The lowest BCUT2D eigenvalue weighted by atomic mass is 10.3. The van der Waals surface area contributed by atoms with Crippen LogP contribution >= 0.6 is 27.5 Å². The monoisotopic (exact) mass is 327 g/mol. The Labute approximate surface area is 118 Å². The van der Waals surface area contributed by atoms with Gasteiger partial charge in [-0.3, -0.25) is 4.79 Å². The van der Waals surface area contributed by atoms with Crippen molar-refractivity contribution in [3.63, 3.8) is 0 Å². The highest BCUT2D eigenvalue weighted by Gasteiger charge is 2.11. The van der Waals surface area contributed by atoms with Gasteiger partial charge in [0.15, 0.2) is 0 Å². The number of nitrogens with two attached hydrogens (primary N) is 1. The van der Waals surface area contributed by atoms with Gasteiger partial charge in [0.05, 0.1) is 10.7 Å². The van der Waals surface area contributed by atoms with Gasteiger partial charge in [0, 0.05) is 23.4 Å². The van der Waals surface area contributed by atoms with Gasteiger partial charge < -0.3 is 15.6 Å². The van der Waals surface area contributed by atoms with Crippen LogP contribution in [-0.2, 0) is 7.05 Å². The van der Waals surface area contributed by atoms with Crippen molar-refractivity contribution in [1.29, 1.82) is 0 Å². The second kappa shape index (κ2) is 5.04. The molecule has 6 heteroatoms. The van der Waals surface area contributed by atoms with E-state index in [1.807, 2.05) is 0 Å². The number of nitrogen functional groups attached to an aromatic ring is 1. The molecular weight excluding hydrogens is 318 g/mol. The maximum Gasteiger partial charge on any atom is 0.272 e. The van der Waals surface area contributed by atoms with E-state index in [1.54, 1.807) is 42.1 Å². The van der Waals surface area contributed by atoms with Crippen LogP contribution in [0.2, 0.25) is 5.02 Å². The second-order valence-corrected chi connectivity index (χ2v) is 5.11. The van der Waals surface area contributed by atoms with Crippen LogP contribution in [0, 0.1) is 0 Å². The van der Waals surface area contributed by atoms with Crippen molar-refractivity contribution in [1.82, 2.24) is 4.57 Å². The number of aromatic nitrogens is 1. The van der Waals surface area contributed by atoms with Crippen LogP contribution < -0.4 is 11.1 Å². The average molecular weight is 329 g/mol. The first kappa shape index (κ1) is 13.0. The number of aryl methyl sites for hydroxylation is 1. The Bertz CT molecular complexity index is 609. The smallest absolute Gasteiger partial charge is 0.272 e. The van der Waals surface area contributed by atoms with Crippen LogP contribution in [0.1, 0.15) is 10.5 Å². The zero-order chi connectivity index (χ0) is 13.3. The van der Waals surface area contributed by atoms with Crippen molar-refractivity contribution in [2.45, 2.75) is 0 Å². The second-order valence-electron chi connectivity index (χ2n) is 3.85. The molecule has 0 saturated carbocycles. The SMILES string of the molecule is Cn1cc(N)cc1C(=O)Nc1ccc(Br)c(Cl)c1. The van der Waals surface area contributed by atoms with Crippen LogP contribution in [0.4, 0.5) is 11.4 Å². The number of nitrogens with one attached hydrogen (secondary N) is 1. The number of halogens is 2. The number of carbonyl (C=O) groups excluding carboxylic acids is 1. The first-order valence-corrected chi connectivity index (χ1v) is 6.32. The van der Waals surface area contributed by atoms with Gasteiger partial charge in [-0.1, -0.05) is 11.6 Å². The summed E-state index contributed by atoms with van der Waals surface area (Å²) in [5.74, 6) is -0.229. The lowest BCUT2D eigenvalue weighted by Gasteiger charge is -2.07. The quantitative estimate of drug-likeness (QED) is 0.889. The number of amides is 1. The van der Waals surface area contributed by atoms with Crippen LogP contribution in [0.5, 0.6) is 0 Å². The minimum absolute atomic E-state index is 0.229. The van der Waals surface area contributed by atoms with Gasteiger partial charge in [0.1, 0.15) is 5.69 Å². The fourth-order valence-corrected chi connectivity index (χ4v) is 2.01. The van der Waals surface area contributed by atoms with Gasteiger partial charge in [0.25, 0.3) is 5.91 Å². The molecule has 18 heavy (non-hydrogen) atoms. The fourth-order valence-electron chi connectivity index (χ4n) is 1.58. The maximum atomic E-state index is 12.0. The number of carbonyl (C=O) groups is 1. The summed E-state index contributed by atoms with van der Waals surface area (Å²) in [7, 11) is 1.76. The molecule has 1 amide bonds. The summed E-state index contributed by atoms with van der Waals surface area (Å²) < 4.78 is 2.45. The lowest BCUT2D eigenvalue weighted by molar-refractivity contribution is 0.101. The Morgan fingerprint density at radius 1 is 1.44 bits per heavy atom. The van der Waals surface area contributed by atoms with E-state index in [0.29, 0.717) is 22.1 Å².